The number of carbonyl (C=O) groups is 1. The van der Waals surface area contributed by atoms with Crippen LogP contribution in [0.25, 0.3) is 0 Å². The van der Waals surface area contributed by atoms with Crippen molar-refractivity contribution in [1.82, 2.24) is 4.31 Å². The molecule has 0 spiro atoms. The van der Waals surface area contributed by atoms with Crippen molar-refractivity contribution in [2.45, 2.75) is 39.1 Å². The van der Waals surface area contributed by atoms with Gasteiger partial charge in [-0.15, -0.1) is 0 Å². The number of hydrogen-bond acceptors (Lipinski definition) is 3. The van der Waals surface area contributed by atoms with E-state index < -0.39 is 10.0 Å². The van der Waals surface area contributed by atoms with Crippen molar-refractivity contribution in [3.05, 3.63) is 94.5 Å². The van der Waals surface area contributed by atoms with E-state index in [9.17, 15) is 13.2 Å². The van der Waals surface area contributed by atoms with Crippen LogP contribution in [0.4, 0.5) is 5.69 Å². The lowest BCUT2D eigenvalue weighted by Crippen LogP contribution is -2.38. The SMILES string of the molecule is Cc1ccc(NC(=O)CN(Cc2ccccc2)S(=O)(=O)c2cc(C)ccc2C)c(C)c1. The minimum Gasteiger partial charge on any atom is -0.325 e. The molecule has 31 heavy (non-hydrogen) atoms. The molecule has 0 aliphatic carbocycles. The van der Waals surface area contributed by atoms with Crippen LogP contribution in [-0.4, -0.2) is 25.2 Å². The molecule has 0 saturated carbocycles. The van der Waals surface area contributed by atoms with Gasteiger partial charge in [0.15, 0.2) is 0 Å². The summed E-state index contributed by atoms with van der Waals surface area (Å²) >= 11 is 0. The average molecular weight is 437 g/mol. The summed E-state index contributed by atoms with van der Waals surface area (Å²) in [5, 5.41) is 2.86. The van der Waals surface area contributed by atoms with Crippen LogP contribution in [0.15, 0.2) is 71.6 Å². The summed E-state index contributed by atoms with van der Waals surface area (Å²) in [5.74, 6) is -0.378. The van der Waals surface area contributed by atoms with Gasteiger partial charge in [-0.25, -0.2) is 8.42 Å². The number of amides is 1. The number of rotatable bonds is 7. The average Bonchev–Trinajstić information content (AvgIpc) is 2.72. The monoisotopic (exact) mass is 436 g/mol. The van der Waals surface area contributed by atoms with Crippen LogP contribution in [0.5, 0.6) is 0 Å². The maximum absolute atomic E-state index is 13.6. The fourth-order valence-electron chi connectivity index (χ4n) is 3.44. The molecule has 0 aliphatic rings. The van der Waals surface area contributed by atoms with Gasteiger partial charge in [-0.3, -0.25) is 4.79 Å². The molecule has 3 rings (SSSR count). The van der Waals surface area contributed by atoms with Crippen molar-refractivity contribution in [3.63, 3.8) is 0 Å². The maximum atomic E-state index is 13.6. The van der Waals surface area contributed by atoms with E-state index in [4.69, 9.17) is 0 Å². The Morgan fingerprint density at radius 2 is 1.48 bits per heavy atom. The van der Waals surface area contributed by atoms with Crippen LogP contribution in [0.3, 0.4) is 0 Å². The number of anilines is 1. The first kappa shape index (κ1) is 22.7. The number of carbonyl (C=O) groups excluding carboxylic acids is 1. The number of nitrogens with one attached hydrogen (secondary N) is 1. The number of nitrogens with zero attached hydrogens (tertiary/aromatic N) is 1. The number of hydrogen-bond donors (Lipinski definition) is 1. The second kappa shape index (κ2) is 9.45. The molecule has 0 aliphatic heterocycles. The molecule has 0 radical (unpaired) electrons. The molecule has 3 aromatic rings. The molecule has 1 N–H and O–H groups in total. The molecule has 0 fully saturated rings. The van der Waals surface area contributed by atoms with Gasteiger partial charge in [0.05, 0.1) is 11.4 Å². The zero-order valence-electron chi connectivity index (χ0n) is 18.3. The molecule has 0 heterocycles. The van der Waals surface area contributed by atoms with E-state index in [0.717, 1.165) is 22.3 Å². The highest BCUT2D eigenvalue weighted by atomic mass is 32.2. The second-order valence-electron chi connectivity index (χ2n) is 7.89. The third-order valence-electron chi connectivity index (χ3n) is 5.14. The molecular weight excluding hydrogens is 408 g/mol. The van der Waals surface area contributed by atoms with Gasteiger partial charge in [-0.05, 0) is 62.1 Å². The Labute approximate surface area is 184 Å². The minimum absolute atomic E-state index is 0.108. The van der Waals surface area contributed by atoms with Crippen molar-refractivity contribution in [1.29, 1.82) is 0 Å². The highest BCUT2D eigenvalue weighted by molar-refractivity contribution is 7.89. The first-order chi connectivity index (χ1) is 14.7. The predicted octanol–water partition coefficient (Wildman–Crippen LogP) is 4.75. The van der Waals surface area contributed by atoms with Gasteiger partial charge in [0.1, 0.15) is 0 Å². The van der Waals surface area contributed by atoms with Crippen molar-refractivity contribution in [3.8, 4) is 0 Å². The smallest absolute Gasteiger partial charge is 0.244 e. The Morgan fingerprint density at radius 3 is 2.16 bits per heavy atom. The normalized spacial score (nSPS) is 11.5. The van der Waals surface area contributed by atoms with E-state index in [-0.39, 0.29) is 23.9 Å². The van der Waals surface area contributed by atoms with Crippen LogP contribution >= 0.6 is 0 Å². The summed E-state index contributed by atoms with van der Waals surface area (Å²) in [5.41, 5.74) is 5.02. The summed E-state index contributed by atoms with van der Waals surface area (Å²) < 4.78 is 28.3. The molecule has 0 saturated heterocycles. The predicted molar refractivity (Wildman–Crippen MR) is 124 cm³/mol. The molecule has 1 amide bonds. The van der Waals surface area contributed by atoms with Crippen LogP contribution < -0.4 is 5.32 Å². The van der Waals surface area contributed by atoms with Crippen molar-refractivity contribution >= 4 is 21.6 Å². The van der Waals surface area contributed by atoms with Crippen molar-refractivity contribution < 1.29 is 13.2 Å². The molecule has 0 unspecified atom stereocenters. The largest absolute Gasteiger partial charge is 0.325 e. The summed E-state index contributed by atoms with van der Waals surface area (Å²) in [4.78, 5) is 13.1. The van der Waals surface area contributed by atoms with Gasteiger partial charge in [0.25, 0.3) is 0 Å². The van der Waals surface area contributed by atoms with E-state index >= 15 is 0 Å². The van der Waals surface area contributed by atoms with Gasteiger partial charge in [0.2, 0.25) is 15.9 Å². The molecule has 0 atom stereocenters. The summed E-state index contributed by atoms with van der Waals surface area (Å²) in [6, 6.07) is 20.3. The van der Waals surface area contributed by atoms with Crippen molar-refractivity contribution in [2.75, 3.05) is 11.9 Å². The first-order valence-corrected chi connectivity index (χ1v) is 11.6. The molecule has 0 bridgehead atoms. The molecule has 162 valence electrons. The van der Waals surface area contributed by atoms with Crippen molar-refractivity contribution in [2.24, 2.45) is 0 Å². The van der Waals surface area contributed by atoms with E-state index in [1.165, 1.54) is 4.31 Å². The molecular formula is C25H28N2O3S. The lowest BCUT2D eigenvalue weighted by Gasteiger charge is -2.23. The van der Waals surface area contributed by atoms with Gasteiger partial charge in [-0.1, -0.05) is 60.2 Å². The number of aryl methyl sites for hydroxylation is 4. The fraction of sp³-hybridized carbons (Fsp3) is 0.240. The first-order valence-electron chi connectivity index (χ1n) is 10.2. The lowest BCUT2D eigenvalue weighted by molar-refractivity contribution is -0.116. The number of benzene rings is 3. The summed E-state index contributed by atoms with van der Waals surface area (Å²) in [7, 11) is -3.88. The Morgan fingerprint density at radius 1 is 0.839 bits per heavy atom. The van der Waals surface area contributed by atoms with E-state index in [1.807, 2.05) is 75.4 Å². The highest BCUT2D eigenvalue weighted by Crippen LogP contribution is 2.23. The zero-order chi connectivity index (χ0) is 22.6. The maximum Gasteiger partial charge on any atom is 0.244 e. The van der Waals surface area contributed by atoms with E-state index in [0.29, 0.717) is 11.3 Å². The van der Waals surface area contributed by atoms with Crippen LogP contribution in [0.1, 0.15) is 27.8 Å². The molecule has 3 aromatic carbocycles. The van der Waals surface area contributed by atoms with Gasteiger partial charge < -0.3 is 5.32 Å². The van der Waals surface area contributed by atoms with Gasteiger partial charge in [-0.2, -0.15) is 4.31 Å². The summed E-state index contributed by atoms with van der Waals surface area (Å²) in [6.07, 6.45) is 0. The Balaban J connectivity index is 1.92. The van der Waals surface area contributed by atoms with Crippen LogP contribution in [0, 0.1) is 27.7 Å². The van der Waals surface area contributed by atoms with Gasteiger partial charge >= 0.3 is 0 Å². The molecule has 5 nitrogen and oxygen atoms in total. The molecule has 6 heteroatoms. The topological polar surface area (TPSA) is 66.5 Å². The van der Waals surface area contributed by atoms with Gasteiger partial charge in [0, 0.05) is 12.2 Å². The minimum atomic E-state index is -3.88. The number of sulfonamides is 1. The highest BCUT2D eigenvalue weighted by Gasteiger charge is 2.28. The third kappa shape index (κ3) is 5.60. The van der Waals surface area contributed by atoms with E-state index in [2.05, 4.69) is 5.32 Å². The second-order valence-corrected chi connectivity index (χ2v) is 9.80. The van der Waals surface area contributed by atoms with Crippen LogP contribution in [0.2, 0.25) is 0 Å². The van der Waals surface area contributed by atoms with Crippen LogP contribution in [-0.2, 0) is 21.4 Å². The third-order valence-corrected chi connectivity index (χ3v) is 7.07. The Bertz CT molecular complexity index is 1190. The Kier molecular flexibility index (Phi) is 6.93. The zero-order valence-corrected chi connectivity index (χ0v) is 19.2. The molecule has 0 aromatic heterocycles. The lowest BCUT2D eigenvalue weighted by atomic mass is 10.1. The van der Waals surface area contributed by atoms with E-state index in [1.54, 1.807) is 19.1 Å². The standard InChI is InChI=1S/C25H28N2O3S/c1-18-11-13-23(21(4)14-18)26-25(28)17-27(16-22-8-6-5-7-9-22)31(29,30)24-15-19(2)10-12-20(24)3/h5-15H,16-17H2,1-4H3,(H,26,28). The Hall–Kier alpha value is -2.96. The fourth-order valence-corrected chi connectivity index (χ4v) is 5.14. The quantitative estimate of drug-likeness (QED) is 0.581. The summed E-state index contributed by atoms with van der Waals surface area (Å²) in [6.45, 7) is 7.35.